The number of benzene rings is 2. The second-order valence-electron chi connectivity index (χ2n) is 6.62. The Labute approximate surface area is 338 Å². The molecule has 222 valence electrons. The Morgan fingerprint density at radius 2 is 1.33 bits per heavy atom. The maximum absolute atomic E-state index is 13.0. The van der Waals surface area contributed by atoms with Gasteiger partial charge in [0.15, 0.2) is 29.3 Å². The summed E-state index contributed by atoms with van der Waals surface area (Å²) in [5.74, 6) is 0.829. The van der Waals surface area contributed by atoms with Crippen molar-refractivity contribution in [3.63, 3.8) is 0 Å². The van der Waals surface area contributed by atoms with Crippen LogP contribution in [-0.4, -0.2) is 73.1 Å². The van der Waals surface area contributed by atoms with Gasteiger partial charge in [-0.1, -0.05) is 0 Å². The Kier molecular flexibility index (Phi) is 28.9. The molecular weight excluding hydrogens is 654 g/mol. The van der Waals surface area contributed by atoms with Crippen molar-refractivity contribution in [3.8, 4) is 23.0 Å². The first-order valence-corrected chi connectivity index (χ1v) is 12.1. The zero-order valence-corrected chi connectivity index (χ0v) is 32.3. The van der Waals surface area contributed by atoms with Crippen molar-refractivity contribution in [2.24, 2.45) is 0 Å². The summed E-state index contributed by atoms with van der Waals surface area (Å²) in [6, 6.07) is 7.89. The number of carbonyl (C=O) groups is 4. The van der Waals surface area contributed by atoms with Gasteiger partial charge in [0.05, 0.1) is 54.0 Å². The predicted molar refractivity (Wildman–Crippen MR) is 145 cm³/mol. The average Bonchev–Trinajstić information content (AvgIpc) is 3.42. The van der Waals surface area contributed by atoms with Crippen LogP contribution in [0.5, 0.6) is 23.0 Å². The Bertz CT molecular complexity index is 1220. The number of rotatable bonds is 8. The predicted octanol–water partition coefficient (Wildman–Crippen LogP) is -3.00. The molecule has 0 amide bonds. The van der Waals surface area contributed by atoms with Gasteiger partial charge in [0.2, 0.25) is 0 Å². The van der Waals surface area contributed by atoms with E-state index in [2.05, 4.69) is 27.0 Å². The van der Waals surface area contributed by atoms with Crippen LogP contribution < -0.4 is 127 Å². The molecule has 0 N–H and O–H groups in total. The summed E-state index contributed by atoms with van der Waals surface area (Å²) in [4.78, 5) is 43.5. The summed E-state index contributed by atoms with van der Waals surface area (Å²) < 4.78 is 42.9. The van der Waals surface area contributed by atoms with Crippen LogP contribution in [0.15, 0.2) is 30.3 Å². The van der Waals surface area contributed by atoms with Gasteiger partial charge in [-0.15, -0.1) is 11.3 Å². The molecule has 12 nitrogen and oxygen atoms in total. The van der Waals surface area contributed by atoms with Crippen molar-refractivity contribution in [2.75, 3.05) is 48.4 Å². The van der Waals surface area contributed by atoms with Crippen molar-refractivity contribution in [1.82, 2.24) is 0 Å². The fourth-order valence-electron chi connectivity index (χ4n) is 2.59. The van der Waals surface area contributed by atoms with E-state index in [1.807, 2.05) is 12.1 Å². The molecule has 3 aromatic rings. The van der Waals surface area contributed by atoms with E-state index >= 15 is 0 Å². The van der Waals surface area contributed by atoms with Gasteiger partial charge in [0.25, 0.3) is 6.47 Å². The summed E-state index contributed by atoms with van der Waals surface area (Å²) in [5.41, 5.74) is -0.0438. The van der Waals surface area contributed by atoms with Crippen LogP contribution >= 0.6 is 24.0 Å². The van der Waals surface area contributed by atoms with Gasteiger partial charge < -0.3 is 40.0 Å². The molecule has 2 aromatic carbocycles. The van der Waals surface area contributed by atoms with Crippen molar-refractivity contribution in [3.05, 3.63) is 46.6 Å². The molecule has 0 aliphatic carbocycles. The molecule has 0 radical (unpaired) electrons. The number of fused-ring (bicyclic) bond motifs is 1. The minimum absolute atomic E-state index is 0. The zero-order chi connectivity index (χ0) is 30.7. The van der Waals surface area contributed by atoms with E-state index in [-0.39, 0.29) is 140 Å². The minimum atomic E-state index is -0.618. The van der Waals surface area contributed by atoms with Gasteiger partial charge in [0.1, 0.15) is 10.7 Å². The average molecular weight is 683 g/mol. The number of methoxy groups -OCH3 is 6. The maximum Gasteiger partial charge on any atom is 1.00 e. The van der Waals surface area contributed by atoms with Gasteiger partial charge in [-0.05, 0) is 23.6 Å². The van der Waals surface area contributed by atoms with Crippen LogP contribution in [0.3, 0.4) is 0 Å². The van der Waals surface area contributed by atoms with Gasteiger partial charge in [-0.3, -0.25) is 14.4 Å². The number of carbonyl (C=O) groups excluding carboxylic acids is 4. The minimum Gasteiger partial charge on any atom is -1.00 e. The molecule has 0 unspecified atom stereocenters. The van der Waals surface area contributed by atoms with Gasteiger partial charge in [-0.2, -0.15) is 12.6 Å². The van der Waals surface area contributed by atoms with E-state index < -0.39 is 5.82 Å². The summed E-state index contributed by atoms with van der Waals surface area (Å²) in [6.45, 7) is -0.181. The molecule has 1 aromatic heterocycles. The fourth-order valence-corrected chi connectivity index (χ4v) is 3.71. The van der Waals surface area contributed by atoms with E-state index in [9.17, 15) is 18.8 Å². The van der Waals surface area contributed by atoms with E-state index in [0.29, 0.717) is 28.4 Å². The number of halogens is 1. The summed E-state index contributed by atoms with van der Waals surface area (Å²) >= 11 is 4.99. The van der Waals surface area contributed by atoms with Crippen LogP contribution in [0.25, 0.3) is 10.1 Å². The number of ether oxygens (including phenoxy) is 6. The second kappa shape index (κ2) is 26.6. The molecule has 1 heterocycles. The van der Waals surface area contributed by atoms with Crippen molar-refractivity contribution < 1.29 is 166 Å². The van der Waals surface area contributed by atoms with E-state index in [1.54, 1.807) is 20.3 Å². The first-order valence-electron chi connectivity index (χ1n) is 10.6. The van der Waals surface area contributed by atoms with Crippen molar-refractivity contribution >= 4 is 58.7 Å². The molecular formula is C25H29FK2O12S2. The van der Waals surface area contributed by atoms with E-state index in [1.165, 1.54) is 45.8 Å². The monoisotopic (exact) mass is 682 g/mol. The third-order valence-electron chi connectivity index (χ3n) is 4.43. The first-order chi connectivity index (χ1) is 19.1. The number of thiophene rings is 1. The largest absolute Gasteiger partial charge is 1.00 e. The Hall–Kier alpha value is -0.807. The molecule has 0 bridgehead atoms. The molecule has 0 aliphatic rings. The molecule has 0 fully saturated rings. The SMILES string of the molecule is COC(=O)CS.COC(=O)c1cc2cc(OC)c(OC)cc2s1.COc1cc(F)c(C=O)cc1OC.O=CO[O-].[H-].[K+].[K+]. The first kappa shape index (κ1) is 45.6. The molecule has 0 saturated heterocycles. The molecule has 0 atom stereocenters. The molecule has 42 heavy (non-hydrogen) atoms. The third kappa shape index (κ3) is 15.8. The third-order valence-corrected chi connectivity index (χ3v) is 5.77. The molecule has 0 spiro atoms. The maximum atomic E-state index is 13.0. The molecule has 3 rings (SSSR count). The number of esters is 2. The van der Waals surface area contributed by atoms with Gasteiger partial charge in [0, 0.05) is 16.8 Å². The summed E-state index contributed by atoms with van der Waals surface area (Å²) in [6.07, 6.45) is 0.428. The molecule has 0 saturated carbocycles. The van der Waals surface area contributed by atoms with Crippen LogP contribution in [0.2, 0.25) is 0 Å². The summed E-state index contributed by atoms with van der Waals surface area (Å²) in [5, 5.41) is 9.37. The van der Waals surface area contributed by atoms with Gasteiger partial charge in [-0.25, -0.2) is 9.18 Å². The standard InChI is InChI=1S/C12H12O4S.C9H9FO3.C3H6O2S.CH2O3.2K.H/c1-14-8-4-7-5-11(12(13)16-3)17-10(7)6-9(8)15-2;1-12-8-3-6(5-11)7(10)4-9(8)13-2;1-5-3(4)2-6;2-1-4-3;;;/h4-6H,1-3H3;3-5H,1-2H3;6H,2H2,1H3;1,3H;;;/q;;;;2*+1;-1/p-1. The second-order valence-corrected chi connectivity index (χ2v) is 8.02. The fraction of sp³-hybridized carbons (Fsp3) is 0.280. The molecule has 17 heteroatoms. The van der Waals surface area contributed by atoms with Crippen molar-refractivity contribution in [2.45, 2.75) is 0 Å². The smallest absolute Gasteiger partial charge is 1.00 e. The number of aldehydes is 1. The molecule has 0 aliphatic heterocycles. The topological polar surface area (TPSA) is 156 Å². The zero-order valence-electron chi connectivity index (χ0n) is 25.4. The number of thiol groups is 1. The van der Waals surface area contributed by atoms with Crippen molar-refractivity contribution in [1.29, 1.82) is 0 Å². The Morgan fingerprint density at radius 3 is 1.71 bits per heavy atom. The Balaban J connectivity index is -0.000000261. The van der Waals surface area contributed by atoms with Crippen LogP contribution in [0.1, 0.15) is 21.5 Å². The van der Waals surface area contributed by atoms with E-state index in [0.717, 1.165) is 16.2 Å². The summed E-state index contributed by atoms with van der Waals surface area (Å²) in [7, 11) is 8.68. The Morgan fingerprint density at radius 1 is 0.857 bits per heavy atom. The van der Waals surface area contributed by atoms with Crippen LogP contribution in [0, 0.1) is 5.82 Å². The quantitative estimate of drug-likeness (QED) is 0.0643. The van der Waals surface area contributed by atoms with Crippen LogP contribution in [-0.2, 0) is 24.0 Å². The number of hydrogen-bond acceptors (Lipinski definition) is 14. The van der Waals surface area contributed by atoms with Gasteiger partial charge >= 0.3 is 115 Å². The normalized spacial score (nSPS) is 8.69. The number of hydrogen-bond donors (Lipinski definition) is 1. The van der Waals surface area contributed by atoms with Crippen LogP contribution in [0.4, 0.5) is 4.39 Å². The van der Waals surface area contributed by atoms with E-state index in [4.69, 9.17) is 29.0 Å².